The van der Waals surface area contributed by atoms with E-state index in [1.54, 1.807) is 12.1 Å². The molecule has 1 unspecified atom stereocenters. The van der Waals surface area contributed by atoms with Crippen LogP contribution in [0.4, 0.5) is 0 Å². The highest BCUT2D eigenvalue weighted by Gasteiger charge is 2.16. The topological polar surface area (TPSA) is 46.2 Å². The van der Waals surface area contributed by atoms with Gasteiger partial charge < -0.3 is 5.32 Å². The number of benzene rings is 1. The van der Waals surface area contributed by atoms with Crippen LogP contribution in [0.3, 0.4) is 0 Å². The molecule has 0 amide bonds. The third kappa shape index (κ3) is 4.30. The lowest BCUT2D eigenvalue weighted by molar-refractivity contribution is 0.599. The zero-order chi connectivity index (χ0) is 15.5. The Hall–Kier alpha value is -0.880. The Kier molecular flexibility index (Phi) is 5.43. The fourth-order valence-electron chi connectivity index (χ4n) is 2.06. The van der Waals surface area contributed by atoms with Crippen molar-refractivity contribution in [3.05, 3.63) is 51.2 Å². The van der Waals surface area contributed by atoms with Gasteiger partial charge in [0.1, 0.15) is 0 Å². The SMILES string of the molecule is CCCNC(c1ccc(S(C)(=O)=O)cc1)c1ccc(Cl)s1. The zero-order valence-corrected chi connectivity index (χ0v) is 14.4. The van der Waals surface area contributed by atoms with Crippen LogP contribution in [0.1, 0.15) is 29.8 Å². The minimum Gasteiger partial charge on any atom is -0.306 e. The van der Waals surface area contributed by atoms with Crippen molar-refractivity contribution < 1.29 is 8.42 Å². The van der Waals surface area contributed by atoms with E-state index in [2.05, 4.69) is 12.2 Å². The van der Waals surface area contributed by atoms with Crippen molar-refractivity contribution in [2.75, 3.05) is 12.8 Å². The maximum absolute atomic E-state index is 11.5. The Balaban J connectivity index is 2.32. The Labute approximate surface area is 134 Å². The molecule has 0 spiro atoms. The molecular weight excluding hydrogens is 326 g/mol. The second-order valence-corrected chi connectivity index (χ2v) is 8.63. The fraction of sp³-hybridized carbons (Fsp3) is 0.333. The summed E-state index contributed by atoms with van der Waals surface area (Å²) in [5.41, 5.74) is 1.04. The predicted octanol–water partition coefficient (Wildman–Crippen LogP) is 3.89. The highest BCUT2D eigenvalue weighted by Crippen LogP contribution is 2.31. The van der Waals surface area contributed by atoms with Gasteiger partial charge in [0.05, 0.1) is 15.3 Å². The average molecular weight is 344 g/mol. The molecule has 0 aliphatic rings. The van der Waals surface area contributed by atoms with E-state index in [0.717, 1.165) is 27.7 Å². The van der Waals surface area contributed by atoms with Crippen LogP contribution in [-0.2, 0) is 9.84 Å². The number of nitrogens with one attached hydrogen (secondary N) is 1. The van der Waals surface area contributed by atoms with Crippen molar-refractivity contribution >= 4 is 32.8 Å². The molecule has 2 aromatic rings. The summed E-state index contributed by atoms with van der Waals surface area (Å²) in [7, 11) is -3.16. The Morgan fingerprint density at radius 2 is 1.86 bits per heavy atom. The first-order chi connectivity index (χ1) is 9.91. The molecule has 0 aliphatic heterocycles. The van der Waals surface area contributed by atoms with Crippen LogP contribution in [0.25, 0.3) is 0 Å². The summed E-state index contributed by atoms with van der Waals surface area (Å²) in [6, 6.07) is 10.9. The van der Waals surface area contributed by atoms with Crippen molar-refractivity contribution in [2.45, 2.75) is 24.3 Å². The van der Waals surface area contributed by atoms with Gasteiger partial charge in [0.2, 0.25) is 0 Å². The smallest absolute Gasteiger partial charge is 0.175 e. The molecule has 1 aromatic carbocycles. The molecule has 0 fully saturated rings. The molecule has 0 saturated heterocycles. The van der Waals surface area contributed by atoms with Crippen molar-refractivity contribution in [1.29, 1.82) is 0 Å². The third-order valence-electron chi connectivity index (χ3n) is 3.12. The van der Waals surface area contributed by atoms with E-state index in [0.29, 0.717) is 4.90 Å². The minimum atomic E-state index is -3.16. The molecule has 0 bridgehead atoms. The predicted molar refractivity (Wildman–Crippen MR) is 89.0 cm³/mol. The summed E-state index contributed by atoms with van der Waals surface area (Å²) in [6.07, 6.45) is 2.24. The summed E-state index contributed by atoms with van der Waals surface area (Å²) >= 11 is 7.56. The van der Waals surface area contributed by atoms with E-state index in [-0.39, 0.29) is 6.04 Å². The molecule has 1 atom stereocenters. The number of hydrogen-bond acceptors (Lipinski definition) is 4. The van der Waals surface area contributed by atoms with Gasteiger partial charge in [0.15, 0.2) is 9.84 Å². The van der Waals surface area contributed by atoms with E-state index >= 15 is 0 Å². The molecule has 1 heterocycles. The molecule has 0 radical (unpaired) electrons. The largest absolute Gasteiger partial charge is 0.306 e. The first-order valence-corrected chi connectivity index (χ1v) is 9.79. The minimum absolute atomic E-state index is 0.0380. The number of sulfone groups is 1. The van der Waals surface area contributed by atoms with Crippen LogP contribution in [0.5, 0.6) is 0 Å². The van der Waals surface area contributed by atoms with E-state index in [4.69, 9.17) is 11.6 Å². The maximum Gasteiger partial charge on any atom is 0.175 e. The zero-order valence-electron chi connectivity index (χ0n) is 12.0. The Morgan fingerprint density at radius 3 is 2.33 bits per heavy atom. The summed E-state index contributed by atoms with van der Waals surface area (Å²) < 4.78 is 23.8. The fourth-order valence-corrected chi connectivity index (χ4v) is 3.86. The molecule has 0 saturated carbocycles. The van der Waals surface area contributed by atoms with Crippen LogP contribution >= 0.6 is 22.9 Å². The first kappa shape index (κ1) is 16.5. The molecule has 6 heteroatoms. The van der Waals surface area contributed by atoms with Gasteiger partial charge in [-0.1, -0.05) is 30.7 Å². The standard InChI is InChI=1S/C15H18ClNO2S2/c1-3-10-17-15(13-8-9-14(16)20-13)11-4-6-12(7-5-11)21(2,18)19/h4-9,15,17H,3,10H2,1-2H3. The van der Waals surface area contributed by atoms with Gasteiger partial charge >= 0.3 is 0 Å². The van der Waals surface area contributed by atoms with Crippen molar-refractivity contribution in [3.8, 4) is 0 Å². The Bertz CT molecular complexity index is 693. The molecular formula is C15H18ClNO2S2. The number of thiophene rings is 1. The average Bonchev–Trinajstić information content (AvgIpc) is 2.85. The van der Waals surface area contributed by atoms with E-state index in [9.17, 15) is 8.42 Å². The maximum atomic E-state index is 11.5. The second kappa shape index (κ2) is 6.92. The van der Waals surface area contributed by atoms with Crippen molar-refractivity contribution in [1.82, 2.24) is 5.32 Å². The lowest BCUT2D eigenvalue weighted by Crippen LogP contribution is -2.22. The third-order valence-corrected chi connectivity index (χ3v) is 5.54. The van der Waals surface area contributed by atoms with Gasteiger partial charge in [0.25, 0.3) is 0 Å². The summed E-state index contributed by atoms with van der Waals surface area (Å²) in [5.74, 6) is 0. The monoisotopic (exact) mass is 343 g/mol. The van der Waals surface area contributed by atoms with E-state index in [1.807, 2.05) is 24.3 Å². The van der Waals surface area contributed by atoms with Crippen LogP contribution in [0.2, 0.25) is 4.34 Å². The lowest BCUT2D eigenvalue weighted by atomic mass is 10.1. The van der Waals surface area contributed by atoms with Crippen molar-refractivity contribution in [3.63, 3.8) is 0 Å². The number of rotatable bonds is 6. The second-order valence-electron chi connectivity index (χ2n) is 4.87. The molecule has 3 nitrogen and oxygen atoms in total. The van der Waals surface area contributed by atoms with Crippen LogP contribution in [-0.4, -0.2) is 21.2 Å². The van der Waals surface area contributed by atoms with E-state index < -0.39 is 9.84 Å². The summed E-state index contributed by atoms with van der Waals surface area (Å²) in [5, 5.41) is 3.48. The molecule has 2 rings (SSSR count). The molecule has 114 valence electrons. The lowest BCUT2D eigenvalue weighted by Gasteiger charge is -2.18. The highest BCUT2D eigenvalue weighted by molar-refractivity contribution is 7.90. The Morgan fingerprint density at radius 1 is 1.19 bits per heavy atom. The van der Waals surface area contributed by atoms with Gasteiger partial charge in [-0.05, 0) is 42.8 Å². The number of halogens is 1. The van der Waals surface area contributed by atoms with E-state index in [1.165, 1.54) is 17.6 Å². The van der Waals surface area contributed by atoms with Crippen LogP contribution in [0.15, 0.2) is 41.3 Å². The van der Waals surface area contributed by atoms with Gasteiger partial charge in [-0.15, -0.1) is 11.3 Å². The molecule has 1 N–H and O–H groups in total. The van der Waals surface area contributed by atoms with Gasteiger partial charge in [-0.3, -0.25) is 0 Å². The normalized spacial score (nSPS) is 13.3. The quantitative estimate of drug-likeness (QED) is 0.865. The van der Waals surface area contributed by atoms with Crippen LogP contribution < -0.4 is 5.32 Å². The van der Waals surface area contributed by atoms with Gasteiger partial charge in [-0.25, -0.2) is 8.42 Å². The van der Waals surface area contributed by atoms with Crippen LogP contribution in [0, 0.1) is 0 Å². The first-order valence-electron chi connectivity index (χ1n) is 6.70. The summed E-state index contributed by atoms with van der Waals surface area (Å²) in [4.78, 5) is 1.46. The van der Waals surface area contributed by atoms with Crippen molar-refractivity contribution in [2.24, 2.45) is 0 Å². The summed E-state index contributed by atoms with van der Waals surface area (Å²) in [6.45, 7) is 2.99. The molecule has 0 aliphatic carbocycles. The number of hydrogen-bond donors (Lipinski definition) is 1. The highest BCUT2D eigenvalue weighted by atomic mass is 35.5. The molecule has 21 heavy (non-hydrogen) atoms. The van der Waals surface area contributed by atoms with Gasteiger partial charge in [0, 0.05) is 11.1 Å². The van der Waals surface area contributed by atoms with Gasteiger partial charge in [-0.2, -0.15) is 0 Å². The molecule has 1 aromatic heterocycles.